The number of carbonyl (C=O) groups excluding carboxylic acids is 1. The van der Waals surface area contributed by atoms with Gasteiger partial charge in [-0.2, -0.15) is 0 Å². The number of hydrogen-bond donors (Lipinski definition) is 4. The summed E-state index contributed by atoms with van der Waals surface area (Å²) in [5.41, 5.74) is 9.82. The molecule has 3 aromatic rings. The minimum Gasteiger partial charge on any atom is -0.484 e. The fourth-order valence-corrected chi connectivity index (χ4v) is 4.06. The molecule has 1 fully saturated rings. The average Bonchev–Trinajstić information content (AvgIpc) is 3.24. The molecule has 174 valence electrons. The quantitative estimate of drug-likeness (QED) is 0.416. The molecule has 33 heavy (non-hydrogen) atoms. The van der Waals surface area contributed by atoms with Gasteiger partial charge in [0.25, 0.3) is 5.91 Å². The van der Waals surface area contributed by atoms with E-state index in [4.69, 9.17) is 15.6 Å². The van der Waals surface area contributed by atoms with Crippen LogP contribution in [0.15, 0.2) is 48.7 Å². The van der Waals surface area contributed by atoms with Gasteiger partial charge in [-0.15, -0.1) is 0 Å². The number of piperazine rings is 1. The minimum absolute atomic E-state index is 0.00737. The SMILES string of the molecule is NCCc1c[nH]c2ccc(OCC(=O)N3CCN(c4ccc(CNC(=O)O)cc4)CC3)cc12. The second-order valence-electron chi connectivity index (χ2n) is 8.04. The molecule has 0 spiro atoms. The predicted molar refractivity (Wildman–Crippen MR) is 127 cm³/mol. The number of rotatable bonds is 8. The molecular weight excluding hydrogens is 422 g/mol. The number of hydrogen-bond acceptors (Lipinski definition) is 5. The van der Waals surface area contributed by atoms with Gasteiger partial charge in [-0.25, -0.2) is 4.79 Å². The van der Waals surface area contributed by atoms with E-state index in [-0.39, 0.29) is 19.1 Å². The molecule has 0 aliphatic carbocycles. The van der Waals surface area contributed by atoms with E-state index in [2.05, 4.69) is 15.2 Å². The molecule has 0 unspecified atom stereocenters. The van der Waals surface area contributed by atoms with Gasteiger partial charge in [0.15, 0.2) is 6.61 Å². The van der Waals surface area contributed by atoms with Crippen LogP contribution >= 0.6 is 0 Å². The van der Waals surface area contributed by atoms with Crippen molar-refractivity contribution >= 4 is 28.6 Å². The standard InChI is InChI=1S/C24H29N5O4/c25-8-7-18-15-26-22-6-5-20(13-21(18)22)33-16-23(30)29-11-9-28(10-12-29)19-3-1-17(2-4-19)14-27-24(31)32/h1-6,13,15,26-27H,7-12,14,16,25H2,(H,31,32). The zero-order valence-electron chi connectivity index (χ0n) is 18.4. The Bertz CT molecular complexity index is 1100. The number of fused-ring (bicyclic) bond motifs is 1. The summed E-state index contributed by atoms with van der Waals surface area (Å²) in [6.07, 6.45) is 1.71. The highest BCUT2D eigenvalue weighted by Gasteiger charge is 2.21. The van der Waals surface area contributed by atoms with Crippen LogP contribution in [-0.2, 0) is 17.8 Å². The lowest BCUT2D eigenvalue weighted by molar-refractivity contribution is -0.133. The number of benzene rings is 2. The molecule has 9 nitrogen and oxygen atoms in total. The lowest BCUT2D eigenvalue weighted by Crippen LogP contribution is -2.50. The van der Waals surface area contributed by atoms with Crippen molar-refractivity contribution in [1.82, 2.24) is 15.2 Å². The van der Waals surface area contributed by atoms with E-state index in [0.717, 1.165) is 47.2 Å². The van der Waals surface area contributed by atoms with Crippen LogP contribution in [0.2, 0.25) is 0 Å². The first-order chi connectivity index (χ1) is 16.0. The largest absolute Gasteiger partial charge is 0.484 e. The van der Waals surface area contributed by atoms with E-state index >= 15 is 0 Å². The fourth-order valence-electron chi connectivity index (χ4n) is 4.06. The number of carbonyl (C=O) groups is 2. The molecule has 1 aliphatic rings. The Kier molecular flexibility index (Phi) is 6.99. The molecule has 0 bridgehead atoms. The van der Waals surface area contributed by atoms with E-state index < -0.39 is 6.09 Å². The van der Waals surface area contributed by atoms with Crippen molar-refractivity contribution in [1.29, 1.82) is 0 Å². The molecule has 0 radical (unpaired) electrons. The molecule has 5 N–H and O–H groups in total. The van der Waals surface area contributed by atoms with Crippen LogP contribution < -0.4 is 20.7 Å². The van der Waals surface area contributed by atoms with E-state index in [9.17, 15) is 9.59 Å². The summed E-state index contributed by atoms with van der Waals surface area (Å²) in [5.74, 6) is 0.644. The summed E-state index contributed by atoms with van der Waals surface area (Å²) in [6, 6.07) is 13.6. The van der Waals surface area contributed by atoms with Crippen molar-refractivity contribution in [3.8, 4) is 5.75 Å². The van der Waals surface area contributed by atoms with Gasteiger partial charge in [0.2, 0.25) is 0 Å². The Balaban J connectivity index is 1.27. The second-order valence-corrected chi connectivity index (χ2v) is 8.04. The number of nitrogens with two attached hydrogens (primary N) is 1. The van der Waals surface area contributed by atoms with Crippen molar-refractivity contribution in [2.75, 3.05) is 44.2 Å². The fraction of sp³-hybridized carbons (Fsp3) is 0.333. The number of H-pyrrole nitrogens is 1. The van der Waals surface area contributed by atoms with Crippen LogP contribution in [0, 0.1) is 0 Å². The maximum Gasteiger partial charge on any atom is 0.404 e. The molecule has 2 amide bonds. The van der Waals surface area contributed by atoms with Crippen LogP contribution in [0.25, 0.3) is 10.9 Å². The highest BCUT2D eigenvalue weighted by Crippen LogP contribution is 2.24. The molecule has 1 aliphatic heterocycles. The second kappa shape index (κ2) is 10.3. The smallest absolute Gasteiger partial charge is 0.404 e. The first-order valence-electron chi connectivity index (χ1n) is 11.0. The Morgan fingerprint density at radius 2 is 1.85 bits per heavy atom. The van der Waals surface area contributed by atoms with E-state index in [1.807, 2.05) is 53.6 Å². The van der Waals surface area contributed by atoms with Gasteiger partial charge >= 0.3 is 6.09 Å². The van der Waals surface area contributed by atoms with Crippen LogP contribution in [0.5, 0.6) is 5.75 Å². The lowest BCUT2D eigenvalue weighted by Gasteiger charge is -2.36. The molecule has 2 heterocycles. The molecule has 4 rings (SSSR count). The topological polar surface area (TPSA) is 124 Å². The molecule has 2 aromatic carbocycles. The van der Waals surface area contributed by atoms with Crippen LogP contribution in [0.4, 0.5) is 10.5 Å². The van der Waals surface area contributed by atoms with Gasteiger partial charge in [0, 0.05) is 55.5 Å². The van der Waals surface area contributed by atoms with Crippen molar-refractivity contribution < 1.29 is 19.4 Å². The van der Waals surface area contributed by atoms with E-state index in [0.29, 0.717) is 25.4 Å². The summed E-state index contributed by atoms with van der Waals surface area (Å²) in [7, 11) is 0. The van der Waals surface area contributed by atoms with Gasteiger partial charge in [0.1, 0.15) is 5.75 Å². The predicted octanol–water partition coefficient (Wildman–Crippen LogP) is 2.16. The van der Waals surface area contributed by atoms with Crippen LogP contribution in [-0.4, -0.2) is 66.3 Å². The molecule has 0 saturated carbocycles. The number of carboxylic acid groups (broad SMARTS) is 1. The van der Waals surface area contributed by atoms with Gasteiger partial charge in [0.05, 0.1) is 0 Å². The number of ether oxygens (including phenoxy) is 1. The van der Waals surface area contributed by atoms with E-state index in [1.165, 1.54) is 0 Å². The normalized spacial score (nSPS) is 13.8. The Morgan fingerprint density at radius 3 is 2.55 bits per heavy atom. The van der Waals surface area contributed by atoms with Crippen LogP contribution in [0.1, 0.15) is 11.1 Å². The summed E-state index contributed by atoms with van der Waals surface area (Å²) < 4.78 is 5.80. The Hall–Kier alpha value is -3.72. The maximum absolute atomic E-state index is 12.7. The first kappa shape index (κ1) is 22.5. The minimum atomic E-state index is -1.04. The molecule has 1 aromatic heterocycles. The van der Waals surface area contributed by atoms with Gasteiger partial charge in [-0.05, 0) is 54.4 Å². The molecule has 9 heteroatoms. The van der Waals surface area contributed by atoms with E-state index in [1.54, 1.807) is 0 Å². The summed E-state index contributed by atoms with van der Waals surface area (Å²) in [4.78, 5) is 30.6. The lowest BCUT2D eigenvalue weighted by atomic mass is 10.1. The summed E-state index contributed by atoms with van der Waals surface area (Å²) in [6.45, 7) is 3.59. The monoisotopic (exact) mass is 451 g/mol. The number of nitrogens with one attached hydrogen (secondary N) is 2. The third kappa shape index (κ3) is 5.56. The summed E-state index contributed by atoms with van der Waals surface area (Å²) >= 11 is 0. The third-order valence-corrected chi connectivity index (χ3v) is 5.89. The van der Waals surface area contributed by atoms with Crippen molar-refractivity contribution in [2.45, 2.75) is 13.0 Å². The number of nitrogens with zero attached hydrogens (tertiary/aromatic N) is 2. The average molecular weight is 452 g/mol. The zero-order chi connectivity index (χ0) is 23.2. The highest BCUT2D eigenvalue weighted by atomic mass is 16.5. The van der Waals surface area contributed by atoms with Gasteiger partial charge < -0.3 is 35.7 Å². The molecule has 0 atom stereocenters. The van der Waals surface area contributed by atoms with Crippen molar-refractivity contribution in [3.05, 3.63) is 59.8 Å². The van der Waals surface area contributed by atoms with Crippen molar-refractivity contribution in [3.63, 3.8) is 0 Å². The first-order valence-corrected chi connectivity index (χ1v) is 11.0. The number of anilines is 1. The van der Waals surface area contributed by atoms with Gasteiger partial charge in [-0.3, -0.25) is 4.79 Å². The molecular formula is C24H29N5O4. The summed E-state index contributed by atoms with van der Waals surface area (Å²) in [5, 5.41) is 12.1. The van der Waals surface area contributed by atoms with Gasteiger partial charge in [-0.1, -0.05) is 12.1 Å². The Morgan fingerprint density at radius 1 is 1.09 bits per heavy atom. The number of amides is 2. The van der Waals surface area contributed by atoms with Crippen LogP contribution in [0.3, 0.4) is 0 Å². The Labute approximate surface area is 192 Å². The number of aromatic nitrogens is 1. The molecule has 1 saturated heterocycles. The maximum atomic E-state index is 12.7. The third-order valence-electron chi connectivity index (χ3n) is 5.89. The highest BCUT2D eigenvalue weighted by molar-refractivity contribution is 5.85. The zero-order valence-corrected chi connectivity index (χ0v) is 18.4. The number of aromatic amines is 1. The van der Waals surface area contributed by atoms with Crippen molar-refractivity contribution in [2.24, 2.45) is 5.73 Å².